The van der Waals surface area contributed by atoms with E-state index >= 15 is 0 Å². The molecule has 0 aliphatic heterocycles. The van der Waals surface area contributed by atoms with E-state index < -0.39 is 60.6 Å². The van der Waals surface area contributed by atoms with Crippen molar-refractivity contribution >= 4 is 42.3 Å². The Balaban J connectivity index is 5.00. The van der Waals surface area contributed by atoms with Crippen molar-refractivity contribution < 1.29 is 34.2 Å². The molecule has 0 bridgehead atoms. The highest BCUT2D eigenvalue weighted by Gasteiger charge is 2.29. The van der Waals surface area contributed by atoms with Crippen molar-refractivity contribution in [2.24, 2.45) is 11.5 Å². The number of amides is 3. The van der Waals surface area contributed by atoms with E-state index in [4.69, 9.17) is 21.7 Å². The Morgan fingerprint density at radius 2 is 1.54 bits per heavy atom. The highest BCUT2D eigenvalue weighted by molar-refractivity contribution is 7.80. The molecule has 0 heterocycles. The van der Waals surface area contributed by atoms with Crippen LogP contribution in [0.3, 0.4) is 0 Å². The number of thiol groups is 1. The van der Waals surface area contributed by atoms with Crippen LogP contribution in [-0.2, 0) is 24.0 Å². The highest BCUT2D eigenvalue weighted by atomic mass is 32.1. The Labute approximate surface area is 142 Å². The molecule has 24 heavy (non-hydrogen) atoms. The normalized spacial score (nSPS) is 14.1. The fraction of sp³-hybridized carbons (Fsp3) is 0.583. The second kappa shape index (κ2) is 10.4. The first-order valence-corrected chi connectivity index (χ1v) is 7.41. The molecule has 0 rings (SSSR count). The lowest BCUT2D eigenvalue weighted by Crippen LogP contribution is -2.55. The summed E-state index contributed by atoms with van der Waals surface area (Å²) >= 11 is 3.82. The first kappa shape index (κ1) is 21.7. The van der Waals surface area contributed by atoms with Crippen molar-refractivity contribution in [2.45, 2.75) is 37.4 Å². The molecule has 0 aliphatic rings. The molecular weight excluding hydrogens is 344 g/mol. The van der Waals surface area contributed by atoms with Gasteiger partial charge in [0.15, 0.2) is 0 Å². The van der Waals surface area contributed by atoms with E-state index in [0.29, 0.717) is 0 Å². The minimum Gasteiger partial charge on any atom is -0.481 e. The SMILES string of the molecule is NC(=O)C[C@H](NC(=O)[C@@H](N)CS)C(=O)N[C@@H](CCC(=O)O)C(=O)O. The highest BCUT2D eigenvalue weighted by Crippen LogP contribution is 2.01. The predicted octanol–water partition coefficient (Wildman–Crippen LogP) is -2.96. The Morgan fingerprint density at radius 1 is 1.00 bits per heavy atom. The average Bonchev–Trinajstić information content (AvgIpc) is 2.48. The number of nitrogens with one attached hydrogen (secondary N) is 2. The molecule has 3 atom stereocenters. The fourth-order valence-corrected chi connectivity index (χ4v) is 1.74. The second-order valence-electron chi connectivity index (χ2n) is 4.85. The fourth-order valence-electron chi connectivity index (χ4n) is 1.57. The number of carboxylic acid groups (broad SMARTS) is 2. The van der Waals surface area contributed by atoms with E-state index in [2.05, 4.69) is 23.3 Å². The van der Waals surface area contributed by atoms with Gasteiger partial charge >= 0.3 is 11.9 Å². The summed E-state index contributed by atoms with van der Waals surface area (Å²) < 4.78 is 0. The van der Waals surface area contributed by atoms with Crippen molar-refractivity contribution in [3.05, 3.63) is 0 Å². The molecular formula is C12H20N4O7S. The van der Waals surface area contributed by atoms with Gasteiger partial charge in [-0.05, 0) is 6.42 Å². The van der Waals surface area contributed by atoms with Crippen molar-refractivity contribution in [3.8, 4) is 0 Å². The molecule has 0 aromatic carbocycles. The average molecular weight is 364 g/mol. The standard InChI is InChI=1S/C12H20N4O7S/c13-5(4-24)10(20)16-7(3-8(14)17)11(21)15-6(12(22)23)1-2-9(18)19/h5-7,24H,1-4,13H2,(H2,14,17)(H,15,21)(H,16,20)(H,18,19)(H,22,23)/t5-,6-,7-/m0/s1. The molecule has 0 aliphatic carbocycles. The monoisotopic (exact) mass is 364 g/mol. The van der Waals surface area contributed by atoms with E-state index in [0.717, 1.165) is 0 Å². The number of hydrogen-bond acceptors (Lipinski definition) is 7. The zero-order chi connectivity index (χ0) is 18.9. The summed E-state index contributed by atoms with van der Waals surface area (Å²) in [5.74, 6) is -5.40. The third-order valence-corrected chi connectivity index (χ3v) is 3.23. The molecule has 0 fully saturated rings. The van der Waals surface area contributed by atoms with Crippen molar-refractivity contribution in [1.29, 1.82) is 0 Å². The first-order chi connectivity index (χ1) is 11.1. The van der Waals surface area contributed by atoms with Crippen molar-refractivity contribution in [2.75, 3.05) is 5.75 Å². The van der Waals surface area contributed by atoms with E-state index in [1.807, 2.05) is 0 Å². The Hall–Kier alpha value is -2.34. The third kappa shape index (κ3) is 8.33. The van der Waals surface area contributed by atoms with Crippen LogP contribution < -0.4 is 22.1 Å². The van der Waals surface area contributed by atoms with Crippen molar-refractivity contribution in [3.63, 3.8) is 0 Å². The van der Waals surface area contributed by atoms with Gasteiger partial charge in [-0.2, -0.15) is 12.6 Å². The molecule has 0 unspecified atom stereocenters. The van der Waals surface area contributed by atoms with Gasteiger partial charge in [0.2, 0.25) is 17.7 Å². The summed E-state index contributed by atoms with van der Waals surface area (Å²) in [6.45, 7) is 0. The summed E-state index contributed by atoms with van der Waals surface area (Å²) in [6.07, 6.45) is -1.44. The zero-order valence-corrected chi connectivity index (χ0v) is 13.5. The van der Waals surface area contributed by atoms with Gasteiger partial charge in [-0.15, -0.1) is 0 Å². The van der Waals surface area contributed by atoms with E-state index in [-0.39, 0.29) is 12.2 Å². The van der Waals surface area contributed by atoms with Gasteiger partial charge in [-0.3, -0.25) is 19.2 Å². The minimum absolute atomic E-state index is 0.0207. The number of carbonyl (C=O) groups excluding carboxylic acids is 3. The molecule has 0 aromatic heterocycles. The number of nitrogens with two attached hydrogens (primary N) is 2. The van der Waals surface area contributed by atoms with E-state index in [1.165, 1.54) is 0 Å². The topological polar surface area (TPSA) is 202 Å². The molecule has 0 radical (unpaired) electrons. The van der Waals surface area contributed by atoms with Crippen LogP contribution in [0.1, 0.15) is 19.3 Å². The number of primary amides is 1. The lowest BCUT2D eigenvalue weighted by Gasteiger charge is -2.21. The van der Waals surface area contributed by atoms with Gasteiger partial charge in [0, 0.05) is 12.2 Å². The van der Waals surface area contributed by atoms with Crippen LogP contribution in [0, 0.1) is 0 Å². The molecule has 3 amide bonds. The smallest absolute Gasteiger partial charge is 0.326 e. The number of aliphatic carboxylic acids is 2. The van der Waals surface area contributed by atoms with E-state index in [1.54, 1.807) is 0 Å². The van der Waals surface area contributed by atoms with Crippen LogP contribution in [0.15, 0.2) is 0 Å². The third-order valence-electron chi connectivity index (χ3n) is 2.83. The van der Waals surface area contributed by atoms with Crippen LogP contribution in [0.4, 0.5) is 0 Å². The van der Waals surface area contributed by atoms with Crippen LogP contribution >= 0.6 is 12.6 Å². The van der Waals surface area contributed by atoms with Gasteiger partial charge in [0.05, 0.1) is 12.5 Å². The Kier molecular flexibility index (Phi) is 9.42. The summed E-state index contributed by atoms with van der Waals surface area (Å²) in [5, 5.41) is 21.8. The minimum atomic E-state index is -1.50. The maximum absolute atomic E-state index is 12.1. The van der Waals surface area contributed by atoms with Gasteiger partial charge in [-0.1, -0.05) is 0 Å². The maximum Gasteiger partial charge on any atom is 0.326 e. The molecule has 0 saturated heterocycles. The number of rotatable bonds is 11. The lowest BCUT2D eigenvalue weighted by molar-refractivity contribution is -0.143. The first-order valence-electron chi connectivity index (χ1n) is 6.78. The summed E-state index contributed by atoms with van der Waals surface area (Å²) in [7, 11) is 0. The summed E-state index contributed by atoms with van der Waals surface area (Å²) in [5.41, 5.74) is 10.4. The largest absolute Gasteiger partial charge is 0.481 e. The van der Waals surface area contributed by atoms with Crippen LogP contribution in [-0.4, -0.2) is 63.8 Å². The Bertz CT molecular complexity index is 514. The van der Waals surface area contributed by atoms with E-state index in [9.17, 15) is 24.0 Å². The Morgan fingerprint density at radius 3 is 1.96 bits per heavy atom. The van der Waals surface area contributed by atoms with Crippen LogP contribution in [0.25, 0.3) is 0 Å². The van der Waals surface area contributed by atoms with Crippen LogP contribution in [0.5, 0.6) is 0 Å². The molecule has 11 nitrogen and oxygen atoms in total. The molecule has 136 valence electrons. The maximum atomic E-state index is 12.1. The number of carbonyl (C=O) groups is 5. The van der Waals surface area contributed by atoms with Gasteiger partial charge < -0.3 is 32.3 Å². The summed E-state index contributed by atoms with van der Waals surface area (Å²) in [4.78, 5) is 56.3. The van der Waals surface area contributed by atoms with Gasteiger partial charge in [0.1, 0.15) is 12.1 Å². The number of hydrogen-bond donors (Lipinski definition) is 7. The summed E-state index contributed by atoms with van der Waals surface area (Å²) in [6, 6.07) is -3.98. The molecule has 0 saturated carbocycles. The zero-order valence-electron chi connectivity index (χ0n) is 12.6. The van der Waals surface area contributed by atoms with Crippen LogP contribution in [0.2, 0.25) is 0 Å². The van der Waals surface area contributed by atoms with Crippen molar-refractivity contribution in [1.82, 2.24) is 10.6 Å². The quantitative estimate of drug-likeness (QED) is 0.188. The predicted molar refractivity (Wildman–Crippen MR) is 84.0 cm³/mol. The second-order valence-corrected chi connectivity index (χ2v) is 5.22. The van der Waals surface area contributed by atoms with Gasteiger partial charge in [-0.25, -0.2) is 4.79 Å². The lowest BCUT2D eigenvalue weighted by atomic mass is 10.1. The number of carboxylic acids is 2. The molecule has 12 heteroatoms. The molecule has 0 aromatic rings. The molecule has 8 N–H and O–H groups in total. The van der Waals surface area contributed by atoms with Gasteiger partial charge in [0.25, 0.3) is 0 Å². The molecule has 0 spiro atoms.